The number of aromatic nitrogens is 3. The summed E-state index contributed by atoms with van der Waals surface area (Å²) in [4.78, 5) is 12.3. The summed E-state index contributed by atoms with van der Waals surface area (Å²) in [5, 5.41) is 25.6. The van der Waals surface area contributed by atoms with Crippen LogP contribution in [0.1, 0.15) is 19.8 Å². The van der Waals surface area contributed by atoms with Crippen LogP contribution in [0.5, 0.6) is 0 Å². The minimum absolute atomic E-state index is 0.107. The molecule has 0 radical (unpaired) electrons. The number of unbranched alkanes of at least 4 members (excludes halogenated alkanes) is 1. The van der Waals surface area contributed by atoms with Crippen LogP contribution in [0.3, 0.4) is 0 Å². The van der Waals surface area contributed by atoms with Gasteiger partial charge in [0.15, 0.2) is 0 Å². The van der Waals surface area contributed by atoms with E-state index < -0.39 is 0 Å². The SMILES string of the molecule is CCCCNc1nc(NCC#N)nc(NCC#N)n1. The Balaban J connectivity index is 2.76. The van der Waals surface area contributed by atoms with E-state index in [4.69, 9.17) is 10.5 Å². The van der Waals surface area contributed by atoms with Gasteiger partial charge >= 0.3 is 0 Å². The molecule has 0 saturated heterocycles. The minimum Gasteiger partial charge on any atom is -0.354 e. The molecule has 8 heteroatoms. The summed E-state index contributed by atoms with van der Waals surface area (Å²) in [6, 6.07) is 3.89. The quantitative estimate of drug-likeness (QED) is 0.466. The highest BCUT2D eigenvalue weighted by Gasteiger charge is 2.05. The van der Waals surface area contributed by atoms with Crippen molar-refractivity contribution in [1.29, 1.82) is 10.5 Å². The van der Waals surface area contributed by atoms with Crippen LogP contribution in [0, 0.1) is 22.7 Å². The maximum Gasteiger partial charge on any atom is 0.230 e. The van der Waals surface area contributed by atoms with E-state index in [2.05, 4.69) is 37.8 Å². The lowest BCUT2D eigenvalue weighted by Gasteiger charge is -2.08. The number of anilines is 3. The van der Waals surface area contributed by atoms with Gasteiger partial charge in [0.1, 0.15) is 13.1 Å². The summed E-state index contributed by atoms with van der Waals surface area (Å²) in [6.07, 6.45) is 2.07. The molecule has 3 N–H and O–H groups in total. The van der Waals surface area contributed by atoms with Gasteiger partial charge in [-0.15, -0.1) is 0 Å². The Morgan fingerprint density at radius 1 is 0.895 bits per heavy atom. The summed E-state index contributed by atoms with van der Waals surface area (Å²) >= 11 is 0. The normalized spacial score (nSPS) is 9.21. The molecular weight excluding hydrogens is 244 g/mol. The zero-order chi connectivity index (χ0) is 13.9. The molecule has 0 atom stereocenters. The molecule has 0 saturated carbocycles. The van der Waals surface area contributed by atoms with Gasteiger partial charge in [-0.1, -0.05) is 13.3 Å². The van der Waals surface area contributed by atoms with E-state index in [1.807, 2.05) is 12.1 Å². The number of nitrogens with one attached hydrogen (secondary N) is 3. The lowest BCUT2D eigenvalue weighted by atomic mass is 10.3. The highest BCUT2D eigenvalue weighted by atomic mass is 15.3. The second-order valence-corrected chi connectivity index (χ2v) is 3.61. The molecule has 0 unspecified atom stereocenters. The number of nitriles is 2. The average molecular weight is 260 g/mol. The molecular formula is C11H16N8. The van der Waals surface area contributed by atoms with Gasteiger partial charge in [0.05, 0.1) is 12.1 Å². The zero-order valence-electron chi connectivity index (χ0n) is 10.8. The van der Waals surface area contributed by atoms with Crippen molar-refractivity contribution in [3.63, 3.8) is 0 Å². The highest BCUT2D eigenvalue weighted by Crippen LogP contribution is 2.09. The Bertz CT molecular complexity index is 436. The van der Waals surface area contributed by atoms with E-state index in [-0.39, 0.29) is 13.1 Å². The second-order valence-electron chi connectivity index (χ2n) is 3.61. The highest BCUT2D eigenvalue weighted by molar-refractivity contribution is 5.42. The van der Waals surface area contributed by atoms with Gasteiger partial charge in [-0.3, -0.25) is 0 Å². The van der Waals surface area contributed by atoms with E-state index in [9.17, 15) is 0 Å². The van der Waals surface area contributed by atoms with E-state index in [1.165, 1.54) is 0 Å². The average Bonchev–Trinajstić information content (AvgIpc) is 2.43. The van der Waals surface area contributed by atoms with Gasteiger partial charge in [0.25, 0.3) is 0 Å². The Morgan fingerprint density at radius 2 is 1.37 bits per heavy atom. The molecule has 0 fully saturated rings. The first kappa shape index (κ1) is 14.5. The fraction of sp³-hybridized carbons (Fsp3) is 0.545. The maximum absolute atomic E-state index is 8.52. The van der Waals surface area contributed by atoms with Crippen LogP contribution < -0.4 is 16.0 Å². The fourth-order valence-corrected chi connectivity index (χ4v) is 1.23. The molecule has 0 aliphatic carbocycles. The first-order chi connectivity index (χ1) is 9.30. The van der Waals surface area contributed by atoms with Crippen molar-refractivity contribution in [3.8, 4) is 12.1 Å². The smallest absolute Gasteiger partial charge is 0.230 e. The van der Waals surface area contributed by atoms with E-state index in [0.717, 1.165) is 19.4 Å². The Labute approximate surface area is 111 Å². The van der Waals surface area contributed by atoms with E-state index in [1.54, 1.807) is 0 Å². The van der Waals surface area contributed by atoms with Crippen molar-refractivity contribution >= 4 is 17.8 Å². The van der Waals surface area contributed by atoms with Crippen molar-refractivity contribution in [2.24, 2.45) is 0 Å². The standard InChI is InChI=1S/C11H16N8/c1-2-3-6-14-9-17-10(15-7-4-12)19-11(18-9)16-8-5-13/h2-3,6-8H2,1H3,(H3,14,15,16,17,18,19). The van der Waals surface area contributed by atoms with Crippen LogP contribution in [-0.2, 0) is 0 Å². The Kier molecular flexibility index (Phi) is 6.45. The van der Waals surface area contributed by atoms with Gasteiger partial charge in [-0.2, -0.15) is 25.5 Å². The van der Waals surface area contributed by atoms with Crippen molar-refractivity contribution in [2.75, 3.05) is 35.6 Å². The van der Waals surface area contributed by atoms with Crippen LogP contribution in [0.2, 0.25) is 0 Å². The predicted molar refractivity (Wildman–Crippen MR) is 71.4 cm³/mol. The third kappa shape index (κ3) is 5.50. The first-order valence-electron chi connectivity index (χ1n) is 6.01. The van der Waals surface area contributed by atoms with Gasteiger partial charge in [0, 0.05) is 6.54 Å². The zero-order valence-corrected chi connectivity index (χ0v) is 10.8. The number of hydrogen-bond donors (Lipinski definition) is 3. The van der Waals surface area contributed by atoms with Crippen molar-refractivity contribution in [1.82, 2.24) is 15.0 Å². The van der Waals surface area contributed by atoms with Crippen LogP contribution >= 0.6 is 0 Å². The molecule has 1 aromatic rings. The van der Waals surface area contributed by atoms with Gasteiger partial charge in [0.2, 0.25) is 17.8 Å². The third-order valence-electron chi connectivity index (χ3n) is 2.10. The van der Waals surface area contributed by atoms with Crippen molar-refractivity contribution in [3.05, 3.63) is 0 Å². The molecule has 0 aliphatic rings. The molecule has 0 amide bonds. The maximum atomic E-state index is 8.52. The summed E-state index contributed by atoms with van der Waals surface area (Å²) in [5.74, 6) is 1.02. The van der Waals surface area contributed by atoms with Crippen molar-refractivity contribution in [2.45, 2.75) is 19.8 Å². The lowest BCUT2D eigenvalue weighted by molar-refractivity contribution is 0.824. The fourth-order valence-electron chi connectivity index (χ4n) is 1.23. The summed E-state index contributed by atoms with van der Waals surface area (Å²) in [7, 11) is 0. The molecule has 19 heavy (non-hydrogen) atoms. The number of nitrogens with zero attached hydrogens (tertiary/aromatic N) is 5. The van der Waals surface area contributed by atoms with Crippen molar-refractivity contribution < 1.29 is 0 Å². The molecule has 1 aromatic heterocycles. The van der Waals surface area contributed by atoms with Gasteiger partial charge in [-0.05, 0) is 6.42 Å². The molecule has 0 aromatic carbocycles. The topological polar surface area (TPSA) is 122 Å². The molecule has 1 rings (SSSR count). The Hall–Kier alpha value is -2.61. The minimum atomic E-state index is 0.107. The third-order valence-corrected chi connectivity index (χ3v) is 2.10. The summed E-state index contributed by atoms with van der Waals surface area (Å²) in [6.45, 7) is 3.07. The van der Waals surface area contributed by atoms with Gasteiger partial charge in [-0.25, -0.2) is 0 Å². The summed E-state index contributed by atoms with van der Waals surface area (Å²) in [5.41, 5.74) is 0. The Morgan fingerprint density at radius 3 is 1.79 bits per heavy atom. The molecule has 0 bridgehead atoms. The summed E-state index contributed by atoms with van der Waals surface area (Å²) < 4.78 is 0. The van der Waals surface area contributed by atoms with Crippen LogP contribution in [0.25, 0.3) is 0 Å². The largest absolute Gasteiger partial charge is 0.354 e. The van der Waals surface area contributed by atoms with E-state index in [0.29, 0.717) is 17.8 Å². The lowest BCUT2D eigenvalue weighted by Crippen LogP contribution is -2.13. The number of hydrogen-bond acceptors (Lipinski definition) is 8. The molecule has 8 nitrogen and oxygen atoms in total. The molecule has 0 aliphatic heterocycles. The van der Waals surface area contributed by atoms with E-state index >= 15 is 0 Å². The monoisotopic (exact) mass is 260 g/mol. The van der Waals surface area contributed by atoms with Gasteiger partial charge < -0.3 is 16.0 Å². The molecule has 1 heterocycles. The predicted octanol–water partition coefficient (Wildman–Crippen LogP) is 0.955. The molecule has 100 valence electrons. The van der Waals surface area contributed by atoms with Crippen LogP contribution in [-0.4, -0.2) is 34.6 Å². The second kappa shape index (κ2) is 8.48. The molecule has 0 spiro atoms. The first-order valence-corrected chi connectivity index (χ1v) is 6.01. The van der Waals surface area contributed by atoms with Crippen LogP contribution in [0.15, 0.2) is 0 Å². The van der Waals surface area contributed by atoms with Crippen LogP contribution in [0.4, 0.5) is 17.8 Å². The number of rotatable bonds is 8.